The second-order valence-electron chi connectivity index (χ2n) is 2.93. The molecule has 0 fully saturated rings. The van der Waals surface area contributed by atoms with E-state index in [0.717, 1.165) is 11.8 Å². The Balaban J connectivity index is 2.12. The molecule has 0 bridgehead atoms. The third-order valence-corrected chi connectivity index (χ3v) is 2.62. The third-order valence-electron chi connectivity index (χ3n) is 1.81. The van der Waals surface area contributed by atoms with Gasteiger partial charge in [-0.25, -0.2) is 14.4 Å². The number of benzene rings is 1. The molecule has 5 heteroatoms. The van der Waals surface area contributed by atoms with Gasteiger partial charge >= 0.3 is 0 Å². The average Bonchev–Trinajstić information content (AvgIpc) is 2.31. The molecule has 1 heterocycles. The minimum absolute atomic E-state index is 0.203. The lowest BCUT2D eigenvalue weighted by Crippen LogP contribution is -1.95. The van der Waals surface area contributed by atoms with Gasteiger partial charge in [0.05, 0.1) is 0 Å². The van der Waals surface area contributed by atoms with E-state index in [1.54, 1.807) is 18.5 Å². The van der Waals surface area contributed by atoms with Crippen LogP contribution in [0, 0.1) is 5.82 Å². The molecule has 16 heavy (non-hydrogen) atoms. The number of rotatable bonds is 2. The van der Waals surface area contributed by atoms with Crippen LogP contribution in [0.1, 0.15) is 10.4 Å². The molecule has 0 saturated heterocycles. The molecule has 0 aliphatic carbocycles. The molecule has 0 unspecified atom stereocenters. The van der Waals surface area contributed by atoms with Gasteiger partial charge in [0.15, 0.2) is 5.16 Å². The van der Waals surface area contributed by atoms with Crippen LogP contribution in [0.3, 0.4) is 0 Å². The molecule has 0 N–H and O–H groups in total. The maximum absolute atomic E-state index is 12.6. The van der Waals surface area contributed by atoms with Crippen molar-refractivity contribution >= 4 is 16.9 Å². The van der Waals surface area contributed by atoms with Crippen molar-refractivity contribution in [2.45, 2.75) is 5.16 Å². The summed E-state index contributed by atoms with van der Waals surface area (Å²) in [4.78, 5) is 19.5. The van der Waals surface area contributed by atoms with Crippen LogP contribution < -0.4 is 0 Å². The summed E-state index contributed by atoms with van der Waals surface area (Å²) in [5, 5.41) is 0.183. The highest BCUT2D eigenvalue weighted by Crippen LogP contribution is 2.18. The predicted octanol–water partition coefficient (Wildman–Crippen LogP) is 2.55. The molecule has 1 aromatic heterocycles. The Labute approximate surface area is 95.7 Å². The number of nitrogens with zero attached hydrogens (tertiary/aromatic N) is 2. The number of carbonyl (C=O) groups excluding carboxylic acids is 1. The molecular formula is C11H7FN2OS. The fourth-order valence-electron chi connectivity index (χ4n) is 1.07. The van der Waals surface area contributed by atoms with Crippen LogP contribution in [0.25, 0.3) is 0 Å². The van der Waals surface area contributed by atoms with E-state index in [0.29, 0.717) is 10.7 Å². The highest BCUT2D eigenvalue weighted by molar-refractivity contribution is 8.14. The third kappa shape index (κ3) is 2.64. The molecule has 80 valence electrons. The first-order valence-electron chi connectivity index (χ1n) is 4.50. The topological polar surface area (TPSA) is 42.9 Å². The zero-order valence-electron chi connectivity index (χ0n) is 8.13. The van der Waals surface area contributed by atoms with E-state index in [2.05, 4.69) is 9.97 Å². The summed E-state index contributed by atoms with van der Waals surface area (Å²) in [7, 11) is 0. The van der Waals surface area contributed by atoms with Crippen LogP contribution in [-0.2, 0) is 0 Å². The number of hydrogen-bond donors (Lipinski definition) is 0. The van der Waals surface area contributed by atoms with Crippen molar-refractivity contribution in [2.75, 3.05) is 0 Å². The van der Waals surface area contributed by atoms with Crippen LogP contribution >= 0.6 is 11.8 Å². The number of halogens is 1. The monoisotopic (exact) mass is 234 g/mol. The maximum Gasteiger partial charge on any atom is 0.227 e. The van der Waals surface area contributed by atoms with Crippen molar-refractivity contribution < 1.29 is 9.18 Å². The highest BCUT2D eigenvalue weighted by Gasteiger charge is 2.09. The Hall–Kier alpha value is -1.75. The van der Waals surface area contributed by atoms with E-state index < -0.39 is 0 Å². The first-order valence-corrected chi connectivity index (χ1v) is 5.32. The van der Waals surface area contributed by atoms with Gasteiger partial charge in [0.1, 0.15) is 5.82 Å². The SMILES string of the molecule is O=C(Sc1ncccn1)c1ccc(F)cc1. The zero-order valence-corrected chi connectivity index (χ0v) is 8.95. The second-order valence-corrected chi connectivity index (χ2v) is 3.87. The molecule has 0 saturated carbocycles. The van der Waals surface area contributed by atoms with Crippen molar-refractivity contribution in [3.8, 4) is 0 Å². The minimum atomic E-state index is -0.363. The van der Waals surface area contributed by atoms with Crippen LogP contribution in [0.4, 0.5) is 4.39 Å². The molecule has 0 spiro atoms. The Morgan fingerprint density at radius 1 is 1.12 bits per heavy atom. The van der Waals surface area contributed by atoms with E-state index in [4.69, 9.17) is 0 Å². The molecule has 0 aliphatic rings. The van der Waals surface area contributed by atoms with Crippen molar-refractivity contribution in [3.63, 3.8) is 0 Å². The lowest BCUT2D eigenvalue weighted by atomic mass is 10.2. The maximum atomic E-state index is 12.6. The predicted molar refractivity (Wildman–Crippen MR) is 58.6 cm³/mol. The number of aromatic nitrogens is 2. The normalized spacial score (nSPS) is 10.1. The molecule has 2 rings (SSSR count). The van der Waals surface area contributed by atoms with Crippen molar-refractivity contribution in [2.24, 2.45) is 0 Å². The Morgan fingerprint density at radius 3 is 2.38 bits per heavy atom. The van der Waals surface area contributed by atoms with Crippen molar-refractivity contribution in [3.05, 3.63) is 54.1 Å². The minimum Gasteiger partial charge on any atom is -0.281 e. The molecule has 3 nitrogen and oxygen atoms in total. The fourth-order valence-corrected chi connectivity index (χ4v) is 1.71. The van der Waals surface area contributed by atoms with Gasteiger partial charge in [-0.3, -0.25) is 4.79 Å². The Morgan fingerprint density at radius 2 is 1.75 bits per heavy atom. The van der Waals surface area contributed by atoms with Crippen molar-refractivity contribution in [1.82, 2.24) is 9.97 Å². The average molecular weight is 234 g/mol. The second kappa shape index (κ2) is 4.85. The molecule has 0 atom stereocenters. The lowest BCUT2D eigenvalue weighted by Gasteiger charge is -1.98. The Bertz CT molecular complexity index is 487. The van der Waals surface area contributed by atoms with Gasteiger partial charge in [-0.15, -0.1) is 0 Å². The molecule has 1 aromatic carbocycles. The summed E-state index contributed by atoms with van der Waals surface area (Å²) >= 11 is 0.919. The zero-order chi connectivity index (χ0) is 11.4. The van der Waals surface area contributed by atoms with Gasteiger partial charge in [-0.1, -0.05) is 0 Å². The fraction of sp³-hybridized carbons (Fsp3) is 0. The van der Waals surface area contributed by atoms with Crippen LogP contribution in [-0.4, -0.2) is 15.1 Å². The number of carbonyl (C=O) groups is 1. The van der Waals surface area contributed by atoms with Gasteiger partial charge in [-0.05, 0) is 42.1 Å². The largest absolute Gasteiger partial charge is 0.281 e. The van der Waals surface area contributed by atoms with Crippen LogP contribution in [0.5, 0.6) is 0 Å². The first-order chi connectivity index (χ1) is 7.75. The number of hydrogen-bond acceptors (Lipinski definition) is 4. The molecule has 2 aromatic rings. The summed E-state index contributed by atoms with van der Waals surface area (Å²) in [5.41, 5.74) is 0.429. The summed E-state index contributed by atoms with van der Waals surface area (Å²) in [6.07, 6.45) is 3.13. The lowest BCUT2D eigenvalue weighted by molar-refractivity contribution is 0.108. The van der Waals surface area contributed by atoms with E-state index in [1.165, 1.54) is 24.3 Å². The highest BCUT2D eigenvalue weighted by atomic mass is 32.2. The quantitative estimate of drug-likeness (QED) is 0.591. The summed E-state index contributed by atoms with van der Waals surface area (Å²) in [5.74, 6) is -0.363. The van der Waals surface area contributed by atoms with Gasteiger partial charge in [0.2, 0.25) is 5.12 Å². The van der Waals surface area contributed by atoms with E-state index in [1.807, 2.05) is 0 Å². The molecule has 0 aliphatic heterocycles. The van der Waals surface area contributed by atoms with Crippen molar-refractivity contribution in [1.29, 1.82) is 0 Å². The van der Waals surface area contributed by atoms with E-state index in [-0.39, 0.29) is 10.9 Å². The molecule has 0 amide bonds. The number of thioether (sulfide) groups is 1. The van der Waals surface area contributed by atoms with Gasteiger partial charge in [0.25, 0.3) is 0 Å². The summed E-state index contributed by atoms with van der Waals surface area (Å²) < 4.78 is 12.6. The van der Waals surface area contributed by atoms with Gasteiger partial charge < -0.3 is 0 Å². The van der Waals surface area contributed by atoms with Crippen LogP contribution in [0.15, 0.2) is 47.9 Å². The van der Waals surface area contributed by atoms with Crippen LogP contribution in [0.2, 0.25) is 0 Å². The van der Waals surface area contributed by atoms with E-state index >= 15 is 0 Å². The smallest absolute Gasteiger partial charge is 0.227 e. The van der Waals surface area contributed by atoms with Gasteiger partial charge in [0, 0.05) is 18.0 Å². The molecular weight excluding hydrogens is 227 g/mol. The summed E-state index contributed by atoms with van der Waals surface area (Å²) in [6, 6.07) is 7.05. The standard InChI is InChI=1S/C11H7FN2OS/c12-9-4-2-8(3-5-9)10(15)16-11-13-6-1-7-14-11/h1-7H. The molecule has 0 radical (unpaired) electrons. The summed E-state index contributed by atoms with van der Waals surface area (Å²) in [6.45, 7) is 0. The van der Waals surface area contributed by atoms with E-state index in [9.17, 15) is 9.18 Å². The van der Waals surface area contributed by atoms with Gasteiger partial charge in [-0.2, -0.15) is 0 Å². The Kier molecular flexibility index (Phi) is 3.26. The first kappa shape index (κ1) is 10.8.